The van der Waals surface area contributed by atoms with E-state index in [0.717, 1.165) is 33.7 Å². The molecule has 0 amide bonds. The molecular formula is C15H17N3S2. The molecule has 0 spiro atoms. The second-order valence-electron chi connectivity index (χ2n) is 4.16. The van der Waals surface area contributed by atoms with E-state index in [-0.39, 0.29) is 0 Å². The molecule has 5 heteroatoms. The molecule has 1 aromatic heterocycles. The first-order valence-electron chi connectivity index (χ1n) is 6.60. The zero-order chi connectivity index (χ0) is 14.4. The number of nitrogens with zero attached hydrogens (tertiary/aromatic N) is 3. The molecule has 0 aliphatic heterocycles. The van der Waals surface area contributed by atoms with Crippen molar-refractivity contribution in [1.82, 2.24) is 15.1 Å². The van der Waals surface area contributed by atoms with Gasteiger partial charge in [-0.25, -0.2) is 0 Å². The topological polar surface area (TPSA) is 29.0 Å². The third kappa shape index (κ3) is 3.77. The summed E-state index contributed by atoms with van der Waals surface area (Å²) in [5, 5.41) is 9.34. The molecule has 0 radical (unpaired) electrons. The molecule has 20 heavy (non-hydrogen) atoms. The molecule has 0 N–H and O–H groups in total. The first-order valence-corrected chi connectivity index (χ1v) is 7.83. The minimum atomic E-state index is 0.835. The van der Waals surface area contributed by atoms with E-state index in [2.05, 4.69) is 28.9 Å². The van der Waals surface area contributed by atoms with E-state index in [4.69, 9.17) is 12.2 Å². The molecule has 0 aliphatic rings. The summed E-state index contributed by atoms with van der Waals surface area (Å²) >= 11 is 6.89. The van der Waals surface area contributed by atoms with Gasteiger partial charge in [-0.15, -0.1) is 10.2 Å². The van der Waals surface area contributed by atoms with Gasteiger partial charge in [-0.1, -0.05) is 42.5 Å². The molecule has 2 rings (SSSR count). The second kappa shape index (κ2) is 7.36. The first-order chi connectivity index (χ1) is 9.74. The van der Waals surface area contributed by atoms with Crippen LogP contribution in [0, 0.1) is 0 Å². The highest BCUT2D eigenvalue weighted by atomic mass is 32.2. The van der Waals surface area contributed by atoms with Crippen molar-refractivity contribution >= 4 is 28.3 Å². The Balaban J connectivity index is 2.07. The fraction of sp³-hybridized carbons (Fsp3) is 0.267. The lowest BCUT2D eigenvalue weighted by Gasteiger charge is -2.20. The summed E-state index contributed by atoms with van der Waals surface area (Å²) in [7, 11) is 0. The van der Waals surface area contributed by atoms with E-state index in [1.807, 2.05) is 42.5 Å². The summed E-state index contributed by atoms with van der Waals surface area (Å²) in [6, 6.07) is 14.0. The third-order valence-electron chi connectivity index (χ3n) is 2.92. The van der Waals surface area contributed by atoms with Crippen molar-refractivity contribution in [3.8, 4) is 11.3 Å². The van der Waals surface area contributed by atoms with E-state index in [1.165, 1.54) is 11.8 Å². The molecule has 1 heterocycles. The molecule has 104 valence electrons. The number of rotatable bonds is 4. The van der Waals surface area contributed by atoms with Crippen molar-refractivity contribution in [3.05, 3.63) is 42.5 Å². The van der Waals surface area contributed by atoms with Crippen LogP contribution in [-0.2, 0) is 0 Å². The monoisotopic (exact) mass is 303 g/mol. The van der Waals surface area contributed by atoms with Gasteiger partial charge in [0.05, 0.1) is 5.69 Å². The van der Waals surface area contributed by atoms with Crippen LogP contribution >= 0.6 is 24.0 Å². The lowest BCUT2D eigenvalue weighted by molar-refractivity contribution is 0.482. The molecule has 1 aromatic carbocycles. The SMILES string of the molecule is CCN(CC)C(=S)Sc1ccc(-c2ccccc2)nn1. The molecule has 0 fully saturated rings. The van der Waals surface area contributed by atoms with Crippen molar-refractivity contribution < 1.29 is 0 Å². The van der Waals surface area contributed by atoms with Crippen LogP contribution in [0.3, 0.4) is 0 Å². The van der Waals surface area contributed by atoms with Crippen LogP contribution in [0.25, 0.3) is 11.3 Å². The summed E-state index contributed by atoms with van der Waals surface area (Å²) in [6.07, 6.45) is 0. The Morgan fingerprint density at radius 1 is 1.05 bits per heavy atom. The summed E-state index contributed by atoms with van der Waals surface area (Å²) in [4.78, 5) is 2.13. The Hall–Kier alpha value is -1.46. The highest BCUT2D eigenvalue weighted by molar-refractivity contribution is 8.22. The number of thioether (sulfide) groups is 1. The normalized spacial score (nSPS) is 10.3. The Morgan fingerprint density at radius 3 is 2.30 bits per heavy atom. The molecule has 0 saturated heterocycles. The average molecular weight is 303 g/mol. The van der Waals surface area contributed by atoms with Gasteiger partial charge in [-0.2, -0.15) is 0 Å². The molecule has 3 nitrogen and oxygen atoms in total. The maximum Gasteiger partial charge on any atom is 0.142 e. The molecule has 0 atom stereocenters. The van der Waals surface area contributed by atoms with Crippen molar-refractivity contribution in [1.29, 1.82) is 0 Å². The van der Waals surface area contributed by atoms with Crippen LogP contribution in [0.1, 0.15) is 13.8 Å². The molecular weight excluding hydrogens is 286 g/mol. The average Bonchev–Trinajstić information content (AvgIpc) is 2.50. The molecule has 0 saturated carbocycles. The largest absolute Gasteiger partial charge is 0.358 e. The predicted molar refractivity (Wildman–Crippen MR) is 88.8 cm³/mol. The summed E-state index contributed by atoms with van der Waals surface area (Å²) in [5.41, 5.74) is 1.95. The first kappa shape index (κ1) is 14.9. The fourth-order valence-corrected chi connectivity index (χ4v) is 3.07. The van der Waals surface area contributed by atoms with E-state index >= 15 is 0 Å². The Morgan fingerprint density at radius 2 is 1.75 bits per heavy atom. The minimum Gasteiger partial charge on any atom is -0.358 e. The van der Waals surface area contributed by atoms with Crippen molar-refractivity contribution in [3.63, 3.8) is 0 Å². The minimum absolute atomic E-state index is 0.835. The maximum atomic E-state index is 5.40. The molecule has 0 aliphatic carbocycles. The van der Waals surface area contributed by atoms with E-state index in [9.17, 15) is 0 Å². The summed E-state index contributed by atoms with van der Waals surface area (Å²) in [6.45, 7) is 6.02. The number of thiocarbonyl (C=S) groups is 1. The van der Waals surface area contributed by atoms with E-state index in [0.29, 0.717) is 0 Å². The lowest BCUT2D eigenvalue weighted by atomic mass is 10.1. The van der Waals surface area contributed by atoms with Gasteiger partial charge in [0.2, 0.25) is 0 Å². The number of benzene rings is 1. The van der Waals surface area contributed by atoms with Crippen molar-refractivity contribution in [2.75, 3.05) is 13.1 Å². The van der Waals surface area contributed by atoms with Gasteiger partial charge in [0.1, 0.15) is 9.35 Å². The maximum absolute atomic E-state index is 5.40. The van der Waals surface area contributed by atoms with E-state index in [1.54, 1.807) is 0 Å². The standard InChI is InChI=1S/C15H17N3S2/c1-3-18(4-2)15(19)20-14-11-10-13(16-17-14)12-8-6-5-7-9-12/h5-11H,3-4H2,1-2H3. The van der Waals surface area contributed by atoms with Crippen LogP contribution < -0.4 is 0 Å². The quantitative estimate of drug-likeness (QED) is 0.632. The number of hydrogen-bond donors (Lipinski definition) is 0. The van der Waals surface area contributed by atoms with Gasteiger partial charge in [0.25, 0.3) is 0 Å². The summed E-state index contributed by atoms with van der Waals surface area (Å²) in [5.74, 6) is 0. The number of aromatic nitrogens is 2. The van der Waals surface area contributed by atoms with Crippen LogP contribution in [0.15, 0.2) is 47.5 Å². The second-order valence-corrected chi connectivity index (χ2v) is 5.82. The lowest BCUT2D eigenvalue weighted by Crippen LogP contribution is -2.26. The number of hydrogen-bond acceptors (Lipinski definition) is 4. The molecule has 0 bridgehead atoms. The Kier molecular flexibility index (Phi) is 5.49. The van der Waals surface area contributed by atoms with Gasteiger partial charge < -0.3 is 4.90 Å². The summed E-state index contributed by atoms with van der Waals surface area (Å²) < 4.78 is 0.844. The van der Waals surface area contributed by atoms with Crippen LogP contribution in [0.4, 0.5) is 0 Å². The van der Waals surface area contributed by atoms with E-state index < -0.39 is 0 Å². The zero-order valence-corrected chi connectivity index (χ0v) is 13.2. The van der Waals surface area contributed by atoms with Gasteiger partial charge in [-0.3, -0.25) is 0 Å². The Bertz CT molecular complexity index is 551. The third-order valence-corrected chi connectivity index (χ3v) is 4.29. The fourth-order valence-electron chi connectivity index (χ4n) is 1.77. The van der Waals surface area contributed by atoms with Crippen LogP contribution in [-0.4, -0.2) is 32.5 Å². The van der Waals surface area contributed by atoms with Gasteiger partial charge in [-0.05, 0) is 37.7 Å². The van der Waals surface area contributed by atoms with Gasteiger partial charge in [0.15, 0.2) is 0 Å². The molecule has 2 aromatic rings. The van der Waals surface area contributed by atoms with Crippen molar-refractivity contribution in [2.24, 2.45) is 0 Å². The van der Waals surface area contributed by atoms with Crippen LogP contribution in [0.2, 0.25) is 0 Å². The molecule has 0 unspecified atom stereocenters. The predicted octanol–water partition coefficient (Wildman–Crippen LogP) is 3.86. The van der Waals surface area contributed by atoms with Gasteiger partial charge >= 0.3 is 0 Å². The Labute approximate surface area is 129 Å². The highest BCUT2D eigenvalue weighted by Crippen LogP contribution is 2.21. The van der Waals surface area contributed by atoms with Crippen molar-refractivity contribution in [2.45, 2.75) is 18.9 Å². The smallest absolute Gasteiger partial charge is 0.142 e. The van der Waals surface area contributed by atoms with Crippen LogP contribution in [0.5, 0.6) is 0 Å². The van der Waals surface area contributed by atoms with Gasteiger partial charge in [0, 0.05) is 18.7 Å². The zero-order valence-electron chi connectivity index (χ0n) is 11.6. The highest BCUT2D eigenvalue weighted by Gasteiger charge is 2.09.